The molecule has 20 heavy (non-hydrogen) atoms. The van der Waals surface area contributed by atoms with Crippen molar-refractivity contribution >= 4 is 29.2 Å². The number of aromatic nitrogens is 1. The van der Waals surface area contributed by atoms with Crippen LogP contribution in [0.2, 0.25) is 10.0 Å². The van der Waals surface area contributed by atoms with Gasteiger partial charge in [-0.3, -0.25) is 0 Å². The van der Waals surface area contributed by atoms with Gasteiger partial charge in [-0.25, -0.2) is 4.79 Å². The van der Waals surface area contributed by atoms with Crippen molar-refractivity contribution in [2.75, 3.05) is 6.61 Å². The van der Waals surface area contributed by atoms with E-state index in [-0.39, 0.29) is 5.97 Å². The summed E-state index contributed by atoms with van der Waals surface area (Å²) in [7, 11) is 1.89. The largest absolute Gasteiger partial charge is 0.462 e. The van der Waals surface area contributed by atoms with Gasteiger partial charge in [-0.15, -0.1) is 0 Å². The molecule has 1 aromatic heterocycles. The molecule has 5 heteroatoms. The van der Waals surface area contributed by atoms with E-state index < -0.39 is 0 Å². The van der Waals surface area contributed by atoms with E-state index in [1.165, 1.54) is 0 Å². The van der Waals surface area contributed by atoms with Crippen LogP contribution in [0.1, 0.15) is 23.0 Å². The van der Waals surface area contributed by atoms with Crippen LogP contribution >= 0.6 is 23.2 Å². The van der Waals surface area contributed by atoms with Crippen LogP contribution < -0.4 is 0 Å². The average molecular weight is 312 g/mol. The van der Waals surface area contributed by atoms with Gasteiger partial charge < -0.3 is 9.30 Å². The SMILES string of the molecule is CCOC(=O)c1cc(C)n(C)c1-c1ccc(Cl)cc1Cl. The van der Waals surface area contributed by atoms with Gasteiger partial charge in [0.25, 0.3) is 0 Å². The molecule has 0 aliphatic rings. The summed E-state index contributed by atoms with van der Waals surface area (Å²) in [6.07, 6.45) is 0. The smallest absolute Gasteiger partial charge is 0.340 e. The summed E-state index contributed by atoms with van der Waals surface area (Å²) in [5.74, 6) is -0.350. The fourth-order valence-corrected chi connectivity index (χ4v) is 2.60. The highest BCUT2D eigenvalue weighted by Gasteiger charge is 2.21. The van der Waals surface area contributed by atoms with Gasteiger partial charge in [-0.2, -0.15) is 0 Å². The Morgan fingerprint density at radius 1 is 1.30 bits per heavy atom. The zero-order chi connectivity index (χ0) is 14.9. The lowest BCUT2D eigenvalue weighted by atomic mass is 10.1. The standard InChI is InChI=1S/C15H15Cl2NO2/c1-4-20-15(19)12-7-9(2)18(3)14(12)11-6-5-10(16)8-13(11)17/h5-8H,4H2,1-3H3. The molecule has 0 fully saturated rings. The topological polar surface area (TPSA) is 31.2 Å². The van der Waals surface area contributed by atoms with Gasteiger partial charge in [0.05, 0.1) is 22.9 Å². The minimum Gasteiger partial charge on any atom is -0.462 e. The molecule has 2 aromatic rings. The Kier molecular flexibility index (Phi) is 4.41. The summed E-state index contributed by atoms with van der Waals surface area (Å²) in [6, 6.07) is 7.02. The summed E-state index contributed by atoms with van der Waals surface area (Å²) in [4.78, 5) is 12.1. The maximum Gasteiger partial charge on any atom is 0.340 e. The van der Waals surface area contributed by atoms with E-state index >= 15 is 0 Å². The summed E-state index contributed by atoms with van der Waals surface area (Å²) in [6.45, 7) is 4.04. The van der Waals surface area contributed by atoms with Crippen LogP contribution in [0.5, 0.6) is 0 Å². The van der Waals surface area contributed by atoms with E-state index in [1.807, 2.05) is 24.6 Å². The van der Waals surface area contributed by atoms with Crippen molar-refractivity contribution in [2.45, 2.75) is 13.8 Å². The molecule has 0 radical (unpaired) electrons. The monoisotopic (exact) mass is 311 g/mol. The molecule has 0 aliphatic heterocycles. The number of benzene rings is 1. The first-order valence-corrected chi connectivity index (χ1v) is 7.00. The third kappa shape index (κ3) is 2.69. The van der Waals surface area contributed by atoms with E-state index in [0.717, 1.165) is 17.0 Å². The number of nitrogens with zero attached hydrogens (tertiary/aromatic N) is 1. The van der Waals surface area contributed by atoms with Crippen LogP contribution in [0.25, 0.3) is 11.3 Å². The molecule has 0 saturated heterocycles. The maximum atomic E-state index is 12.1. The van der Waals surface area contributed by atoms with Crippen molar-refractivity contribution < 1.29 is 9.53 Å². The third-order valence-electron chi connectivity index (χ3n) is 3.15. The molecular weight excluding hydrogens is 297 g/mol. The van der Waals surface area contributed by atoms with E-state index in [9.17, 15) is 4.79 Å². The van der Waals surface area contributed by atoms with Crippen LogP contribution in [0.3, 0.4) is 0 Å². The lowest BCUT2D eigenvalue weighted by Gasteiger charge is -2.10. The predicted octanol–water partition coefficient (Wildman–Crippen LogP) is 4.48. The number of esters is 1. The molecule has 0 aliphatic carbocycles. The Labute approximate surface area is 128 Å². The van der Waals surface area contributed by atoms with E-state index in [4.69, 9.17) is 27.9 Å². The molecule has 2 rings (SSSR count). The number of carbonyl (C=O) groups excluding carboxylic acids is 1. The second-order valence-corrected chi connectivity index (χ2v) is 5.30. The lowest BCUT2D eigenvalue weighted by Crippen LogP contribution is -2.06. The molecule has 0 N–H and O–H groups in total. The van der Waals surface area contributed by atoms with Gasteiger partial charge >= 0.3 is 5.97 Å². The van der Waals surface area contributed by atoms with Crippen LogP contribution in [-0.2, 0) is 11.8 Å². The highest BCUT2D eigenvalue weighted by Crippen LogP contribution is 2.34. The number of halogens is 2. The Bertz CT molecular complexity index is 662. The fraction of sp³-hybridized carbons (Fsp3) is 0.267. The average Bonchev–Trinajstić information content (AvgIpc) is 2.67. The van der Waals surface area contributed by atoms with Gasteiger partial charge in [0.15, 0.2) is 0 Å². The molecule has 3 nitrogen and oxygen atoms in total. The van der Waals surface area contributed by atoms with E-state index in [2.05, 4.69) is 0 Å². The van der Waals surface area contributed by atoms with Crippen molar-refractivity contribution in [1.82, 2.24) is 4.57 Å². The molecule has 0 saturated carbocycles. The van der Waals surface area contributed by atoms with Gasteiger partial charge in [0.2, 0.25) is 0 Å². The Hall–Kier alpha value is -1.45. The van der Waals surface area contributed by atoms with Crippen molar-refractivity contribution in [2.24, 2.45) is 7.05 Å². The zero-order valence-corrected chi connectivity index (χ0v) is 13.0. The van der Waals surface area contributed by atoms with Gasteiger partial charge in [-0.1, -0.05) is 23.2 Å². The predicted molar refractivity (Wildman–Crippen MR) is 81.6 cm³/mol. The maximum absolute atomic E-state index is 12.1. The second-order valence-electron chi connectivity index (χ2n) is 4.45. The number of hydrogen-bond donors (Lipinski definition) is 0. The van der Waals surface area contributed by atoms with Crippen LogP contribution in [-0.4, -0.2) is 17.1 Å². The van der Waals surface area contributed by atoms with Crippen LogP contribution in [0.15, 0.2) is 24.3 Å². The summed E-state index contributed by atoms with van der Waals surface area (Å²) >= 11 is 12.2. The lowest BCUT2D eigenvalue weighted by molar-refractivity contribution is 0.0527. The second kappa shape index (κ2) is 5.90. The Morgan fingerprint density at radius 3 is 2.60 bits per heavy atom. The highest BCUT2D eigenvalue weighted by molar-refractivity contribution is 6.36. The minimum absolute atomic E-state index is 0.334. The normalized spacial score (nSPS) is 10.7. The first-order chi connectivity index (χ1) is 9.45. The molecule has 0 atom stereocenters. The third-order valence-corrected chi connectivity index (χ3v) is 3.70. The van der Waals surface area contributed by atoms with E-state index in [1.54, 1.807) is 25.1 Å². The number of rotatable bonds is 3. The summed E-state index contributed by atoms with van der Waals surface area (Å²) in [5.41, 5.74) is 2.96. The van der Waals surface area contributed by atoms with Crippen LogP contribution in [0.4, 0.5) is 0 Å². The minimum atomic E-state index is -0.350. The first-order valence-electron chi connectivity index (χ1n) is 6.24. The fourth-order valence-electron chi connectivity index (χ4n) is 2.10. The molecule has 1 aromatic carbocycles. The Balaban J connectivity index is 2.63. The number of aryl methyl sites for hydroxylation is 1. The molecule has 0 unspecified atom stereocenters. The summed E-state index contributed by atoms with van der Waals surface area (Å²) < 4.78 is 7.02. The van der Waals surface area contributed by atoms with Gasteiger partial charge in [0, 0.05) is 23.3 Å². The molecule has 0 amide bonds. The quantitative estimate of drug-likeness (QED) is 0.782. The van der Waals surface area contributed by atoms with E-state index in [0.29, 0.717) is 22.2 Å². The van der Waals surface area contributed by atoms with Crippen molar-refractivity contribution in [3.05, 3.63) is 45.6 Å². The molecule has 0 spiro atoms. The molecule has 1 heterocycles. The van der Waals surface area contributed by atoms with Crippen molar-refractivity contribution in [1.29, 1.82) is 0 Å². The van der Waals surface area contributed by atoms with Crippen LogP contribution in [0, 0.1) is 6.92 Å². The number of ether oxygens (including phenoxy) is 1. The Morgan fingerprint density at radius 2 is 2.00 bits per heavy atom. The first kappa shape index (κ1) is 14.9. The van der Waals surface area contributed by atoms with Crippen molar-refractivity contribution in [3.8, 4) is 11.3 Å². The molecular formula is C15H15Cl2NO2. The molecule has 0 bridgehead atoms. The number of hydrogen-bond acceptors (Lipinski definition) is 2. The summed E-state index contributed by atoms with van der Waals surface area (Å²) in [5, 5.41) is 1.06. The van der Waals surface area contributed by atoms with Gasteiger partial charge in [0.1, 0.15) is 0 Å². The molecule has 106 valence electrons. The zero-order valence-electron chi connectivity index (χ0n) is 11.5. The highest BCUT2D eigenvalue weighted by atomic mass is 35.5. The van der Waals surface area contributed by atoms with Crippen molar-refractivity contribution in [3.63, 3.8) is 0 Å². The van der Waals surface area contributed by atoms with Gasteiger partial charge in [-0.05, 0) is 38.1 Å². The number of carbonyl (C=O) groups is 1.